The van der Waals surface area contributed by atoms with Gasteiger partial charge in [-0.25, -0.2) is 14.6 Å². The minimum Gasteiger partial charge on any atom is -0.462 e. The Morgan fingerprint density at radius 2 is 1.56 bits per heavy atom. The maximum atomic E-state index is 13.2. The number of esters is 2. The molecular formula is C25H34ClNO5. The fraction of sp³-hybridized carbons (Fsp3) is 0.560. The predicted molar refractivity (Wildman–Crippen MR) is 126 cm³/mol. The van der Waals surface area contributed by atoms with Crippen LogP contribution >= 0.6 is 11.6 Å². The second kappa shape index (κ2) is 10.1. The van der Waals surface area contributed by atoms with Crippen molar-refractivity contribution in [3.63, 3.8) is 0 Å². The zero-order chi connectivity index (χ0) is 24.2. The second-order valence-electron chi connectivity index (χ2n) is 9.59. The summed E-state index contributed by atoms with van der Waals surface area (Å²) in [7, 11) is 0. The molecule has 0 amide bonds. The van der Waals surface area contributed by atoms with E-state index in [1.54, 1.807) is 26.0 Å². The SMILES string of the molecule is CCOC(=O)C1=C(C(=O)OCC)C(CCl)(c2ccccc2)OC1=NC(C)(C)CC(C)(C)C. The van der Waals surface area contributed by atoms with Crippen LogP contribution in [0.15, 0.2) is 46.5 Å². The van der Waals surface area contributed by atoms with Gasteiger partial charge in [0.25, 0.3) is 0 Å². The van der Waals surface area contributed by atoms with Crippen LogP contribution in [0.4, 0.5) is 0 Å². The van der Waals surface area contributed by atoms with Gasteiger partial charge in [-0.2, -0.15) is 0 Å². The van der Waals surface area contributed by atoms with E-state index in [0.29, 0.717) is 5.56 Å². The van der Waals surface area contributed by atoms with Crippen molar-refractivity contribution >= 4 is 29.4 Å². The second-order valence-corrected chi connectivity index (χ2v) is 9.85. The van der Waals surface area contributed by atoms with E-state index in [0.717, 1.165) is 6.42 Å². The maximum Gasteiger partial charge on any atom is 0.344 e. The number of alkyl halides is 1. The Kier molecular flexibility index (Phi) is 8.16. The van der Waals surface area contributed by atoms with Gasteiger partial charge < -0.3 is 14.2 Å². The molecule has 0 fully saturated rings. The van der Waals surface area contributed by atoms with Crippen LogP contribution < -0.4 is 0 Å². The highest BCUT2D eigenvalue weighted by molar-refractivity contribution is 6.26. The molecule has 2 rings (SSSR count). The van der Waals surface area contributed by atoms with Crippen LogP contribution in [0.25, 0.3) is 0 Å². The summed E-state index contributed by atoms with van der Waals surface area (Å²) in [4.78, 5) is 31.1. The highest BCUT2D eigenvalue weighted by Crippen LogP contribution is 2.45. The Labute approximate surface area is 196 Å². The fourth-order valence-electron chi connectivity index (χ4n) is 4.21. The lowest BCUT2D eigenvalue weighted by Gasteiger charge is -2.31. The number of carbonyl (C=O) groups is 2. The fourth-order valence-corrected chi connectivity index (χ4v) is 4.55. The van der Waals surface area contributed by atoms with Crippen LogP contribution in [0.3, 0.4) is 0 Å². The average Bonchev–Trinajstić information content (AvgIpc) is 3.01. The minimum atomic E-state index is -1.42. The van der Waals surface area contributed by atoms with Gasteiger partial charge in [0.05, 0.1) is 24.6 Å². The van der Waals surface area contributed by atoms with Gasteiger partial charge in [0.15, 0.2) is 5.60 Å². The van der Waals surface area contributed by atoms with Crippen molar-refractivity contribution in [3.8, 4) is 0 Å². The topological polar surface area (TPSA) is 74.2 Å². The number of carbonyl (C=O) groups excluding carboxylic acids is 2. The molecule has 0 aliphatic carbocycles. The Bertz CT molecular complexity index is 899. The summed E-state index contributed by atoms with van der Waals surface area (Å²) in [5.74, 6) is -1.44. The van der Waals surface area contributed by atoms with E-state index in [9.17, 15) is 9.59 Å². The van der Waals surface area contributed by atoms with Gasteiger partial charge in [-0.15, -0.1) is 11.6 Å². The molecule has 32 heavy (non-hydrogen) atoms. The van der Waals surface area contributed by atoms with E-state index in [4.69, 9.17) is 30.8 Å². The molecule has 0 saturated heterocycles. The Morgan fingerprint density at radius 3 is 2.06 bits per heavy atom. The van der Waals surface area contributed by atoms with Crippen molar-refractivity contribution in [2.45, 2.75) is 66.0 Å². The lowest BCUT2D eigenvalue weighted by molar-refractivity contribution is -0.142. The average molecular weight is 464 g/mol. The van der Waals surface area contributed by atoms with Crippen LogP contribution in [0.2, 0.25) is 0 Å². The highest BCUT2D eigenvalue weighted by atomic mass is 35.5. The zero-order valence-corrected chi connectivity index (χ0v) is 20.8. The minimum absolute atomic E-state index is 0.0179. The number of ether oxygens (including phenoxy) is 3. The van der Waals surface area contributed by atoms with Crippen molar-refractivity contribution < 1.29 is 23.8 Å². The third kappa shape index (κ3) is 5.71. The molecule has 0 bridgehead atoms. The van der Waals surface area contributed by atoms with Crippen molar-refractivity contribution in [3.05, 3.63) is 47.0 Å². The number of rotatable bonds is 8. The molecule has 0 spiro atoms. The summed E-state index contributed by atoms with van der Waals surface area (Å²) in [6, 6.07) is 9.08. The number of halogens is 1. The number of hydrogen-bond acceptors (Lipinski definition) is 6. The third-order valence-corrected chi connectivity index (χ3v) is 5.27. The van der Waals surface area contributed by atoms with Gasteiger partial charge in [-0.3, -0.25) is 0 Å². The first-order valence-corrected chi connectivity index (χ1v) is 11.4. The molecule has 1 aromatic rings. The van der Waals surface area contributed by atoms with E-state index < -0.39 is 23.1 Å². The molecule has 1 heterocycles. The van der Waals surface area contributed by atoms with Crippen LogP contribution in [-0.2, 0) is 29.4 Å². The summed E-state index contributed by atoms with van der Waals surface area (Å²) in [5.41, 5.74) is -1.41. The number of hydrogen-bond donors (Lipinski definition) is 0. The molecule has 1 unspecified atom stereocenters. The maximum absolute atomic E-state index is 13.2. The van der Waals surface area contributed by atoms with E-state index in [2.05, 4.69) is 20.8 Å². The van der Waals surface area contributed by atoms with Gasteiger partial charge in [0.1, 0.15) is 11.1 Å². The van der Waals surface area contributed by atoms with E-state index >= 15 is 0 Å². The summed E-state index contributed by atoms with van der Waals surface area (Å²) >= 11 is 6.45. The smallest absolute Gasteiger partial charge is 0.344 e. The summed E-state index contributed by atoms with van der Waals surface area (Å²) in [5, 5.41) is 0. The number of nitrogens with zero attached hydrogens (tertiary/aromatic N) is 1. The first-order chi connectivity index (χ1) is 14.9. The predicted octanol–water partition coefficient (Wildman–Crippen LogP) is 5.19. The number of benzene rings is 1. The molecule has 0 radical (unpaired) electrons. The lowest BCUT2D eigenvalue weighted by Crippen LogP contribution is -2.35. The molecule has 1 aliphatic heterocycles. The van der Waals surface area contributed by atoms with Crippen molar-refractivity contribution in [1.82, 2.24) is 0 Å². The molecule has 176 valence electrons. The molecule has 1 aromatic carbocycles. The van der Waals surface area contributed by atoms with Gasteiger partial charge >= 0.3 is 11.9 Å². The highest BCUT2D eigenvalue weighted by Gasteiger charge is 2.54. The van der Waals surface area contributed by atoms with Gasteiger partial charge in [0.2, 0.25) is 5.90 Å². The zero-order valence-electron chi connectivity index (χ0n) is 20.1. The summed E-state index contributed by atoms with van der Waals surface area (Å²) < 4.78 is 17.0. The third-order valence-electron chi connectivity index (χ3n) is 4.89. The van der Waals surface area contributed by atoms with Crippen molar-refractivity contribution in [2.75, 3.05) is 19.1 Å². The summed E-state index contributed by atoms with van der Waals surface area (Å²) in [6.07, 6.45) is 0.719. The molecule has 6 nitrogen and oxygen atoms in total. The molecular weight excluding hydrogens is 430 g/mol. The van der Waals surface area contributed by atoms with E-state index in [1.807, 2.05) is 32.0 Å². The number of aliphatic imine (C=N–C) groups is 1. The standard InChI is InChI=1S/C25H34ClNO5/c1-8-30-21(28)18-19(22(29)31-9-2)25(16-26,17-13-11-10-12-14-17)32-20(18)27-24(6,7)15-23(3,4)5/h10-14H,8-9,15-16H2,1-7H3. The molecule has 0 N–H and O–H groups in total. The largest absolute Gasteiger partial charge is 0.462 e. The monoisotopic (exact) mass is 463 g/mol. The van der Waals surface area contributed by atoms with Gasteiger partial charge in [-0.1, -0.05) is 51.1 Å². The molecule has 1 atom stereocenters. The Balaban J connectivity index is 2.82. The van der Waals surface area contributed by atoms with Crippen LogP contribution in [0.5, 0.6) is 0 Å². The van der Waals surface area contributed by atoms with Crippen LogP contribution in [0.1, 0.15) is 60.5 Å². The molecule has 7 heteroatoms. The lowest BCUT2D eigenvalue weighted by atomic mass is 9.82. The first-order valence-electron chi connectivity index (χ1n) is 10.9. The van der Waals surface area contributed by atoms with Crippen LogP contribution in [0, 0.1) is 5.41 Å². The van der Waals surface area contributed by atoms with Crippen molar-refractivity contribution in [2.24, 2.45) is 10.4 Å². The van der Waals surface area contributed by atoms with Crippen molar-refractivity contribution in [1.29, 1.82) is 0 Å². The Hall–Kier alpha value is -2.34. The Morgan fingerprint density at radius 1 is 1.00 bits per heavy atom. The normalized spacial score (nSPS) is 20.3. The van der Waals surface area contributed by atoms with Crippen LogP contribution in [-0.4, -0.2) is 42.5 Å². The van der Waals surface area contributed by atoms with Gasteiger partial charge in [0, 0.05) is 5.56 Å². The molecule has 0 aromatic heterocycles. The van der Waals surface area contributed by atoms with Gasteiger partial charge in [-0.05, 0) is 39.5 Å². The van der Waals surface area contributed by atoms with E-state index in [1.165, 1.54) is 0 Å². The van der Waals surface area contributed by atoms with E-state index in [-0.39, 0.29) is 41.6 Å². The first kappa shape index (κ1) is 25.9. The summed E-state index contributed by atoms with van der Waals surface area (Å²) in [6.45, 7) is 13.9. The quantitative estimate of drug-likeness (QED) is 0.392. The molecule has 0 saturated carbocycles. The molecule has 1 aliphatic rings.